The van der Waals surface area contributed by atoms with E-state index in [1.165, 1.54) is 18.3 Å². The SMILES string of the molecule is Cn1ncc(Cl)c1-c1c(Cl)sc(C(N)=O)c1[C@@H](CN)Cc1cccc(F)c1. The number of amides is 1. The van der Waals surface area contributed by atoms with Crippen molar-refractivity contribution < 1.29 is 9.18 Å². The Hall–Kier alpha value is -1.93. The molecule has 0 aliphatic rings. The minimum atomic E-state index is -0.598. The van der Waals surface area contributed by atoms with Gasteiger partial charge in [-0.3, -0.25) is 9.48 Å². The predicted octanol–water partition coefficient (Wildman–Crippen LogP) is 3.98. The lowest BCUT2D eigenvalue weighted by Gasteiger charge is -2.18. The molecule has 27 heavy (non-hydrogen) atoms. The first-order chi connectivity index (χ1) is 12.8. The van der Waals surface area contributed by atoms with E-state index >= 15 is 0 Å². The van der Waals surface area contributed by atoms with E-state index in [1.54, 1.807) is 23.9 Å². The molecule has 0 unspecified atom stereocenters. The molecule has 142 valence electrons. The van der Waals surface area contributed by atoms with Gasteiger partial charge in [-0.2, -0.15) is 5.10 Å². The molecule has 3 rings (SSSR count). The molecule has 1 atom stereocenters. The molecule has 4 N–H and O–H groups in total. The van der Waals surface area contributed by atoms with E-state index in [1.807, 2.05) is 0 Å². The van der Waals surface area contributed by atoms with E-state index in [9.17, 15) is 9.18 Å². The molecular formula is C18H17Cl2FN4OS. The van der Waals surface area contributed by atoms with Crippen LogP contribution in [0.2, 0.25) is 9.36 Å². The standard InChI is InChI=1S/C18H17Cl2FN4OS/c1-25-15(12(19)8-24-25)14-13(16(18(23)26)27-17(14)20)10(7-22)5-9-3-2-4-11(21)6-9/h2-4,6,8,10H,5,7,22H2,1H3,(H2,23,26)/t10-/m1/s1. The molecule has 0 aliphatic carbocycles. The van der Waals surface area contributed by atoms with Gasteiger partial charge in [0.2, 0.25) is 0 Å². The number of aromatic nitrogens is 2. The van der Waals surface area contributed by atoms with Gasteiger partial charge >= 0.3 is 0 Å². The fourth-order valence-electron chi connectivity index (χ4n) is 3.15. The van der Waals surface area contributed by atoms with Crippen LogP contribution >= 0.6 is 34.5 Å². The fraction of sp³-hybridized carbons (Fsp3) is 0.222. The van der Waals surface area contributed by atoms with Crippen LogP contribution in [0.3, 0.4) is 0 Å². The molecule has 1 amide bonds. The van der Waals surface area contributed by atoms with Crippen LogP contribution in [0.15, 0.2) is 30.5 Å². The average Bonchev–Trinajstić information content (AvgIpc) is 3.12. The van der Waals surface area contributed by atoms with E-state index in [-0.39, 0.29) is 18.3 Å². The Morgan fingerprint density at radius 1 is 1.41 bits per heavy atom. The molecule has 1 aromatic carbocycles. The number of carbonyl (C=O) groups excluding carboxylic acids is 1. The first-order valence-electron chi connectivity index (χ1n) is 8.07. The van der Waals surface area contributed by atoms with Crippen molar-refractivity contribution in [1.82, 2.24) is 9.78 Å². The number of rotatable bonds is 6. The van der Waals surface area contributed by atoms with Gasteiger partial charge in [-0.25, -0.2) is 4.39 Å². The van der Waals surface area contributed by atoms with Gasteiger partial charge in [0.25, 0.3) is 5.91 Å². The van der Waals surface area contributed by atoms with Gasteiger partial charge in [-0.15, -0.1) is 11.3 Å². The van der Waals surface area contributed by atoms with Crippen molar-refractivity contribution in [2.75, 3.05) is 6.54 Å². The van der Waals surface area contributed by atoms with Crippen LogP contribution in [-0.2, 0) is 13.5 Å². The summed E-state index contributed by atoms with van der Waals surface area (Å²) in [7, 11) is 1.73. The third-order valence-corrected chi connectivity index (χ3v) is 6.03. The molecule has 3 aromatic rings. The Bertz CT molecular complexity index is 982. The zero-order chi connectivity index (χ0) is 19.7. The number of halogens is 3. The Morgan fingerprint density at radius 2 is 2.15 bits per heavy atom. The van der Waals surface area contributed by atoms with E-state index in [0.29, 0.717) is 37.5 Å². The number of nitrogens with two attached hydrogens (primary N) is 2. The number of benzene rings is 1. The third kappa shape index (κ3) is 3.87. The molecular weight excluding hydrogens is 410 g/mol. The van der Waals surface area contributed by atoms with Crippen molar-refractivity contribution in [3.05, 3.63) is 61.6 Å². The maximum atomic E-state index is 13.6. The Kier molecular flexibility index (Phi) is 5.86. The Balaban J connectivity index is 2.18. The van der Waals surface area contributed by atoms with Crippen molar-refractivity contribution in [3.63, 3.8) is 0 Å². The van der Waals surface area contributed by atoms with E-state index in [0.717, 1.165) is 16.9 Å². The fourth-order valence-corrected chi connectivity index (χ4v) is 4.80. The molecule has 0 bridgehead atoms. The molecule has 0 saturated carbocycles. The van der Waals surface area contributed by atoms with Crippen LogP contribution in [0.4, 0.5) is 4.39 Å². The number of hydrogen-bond acceptors (Lipinski definition) is 4. The number of thiophene rings is 1. The van der Waals surface area contributed by atoms with Gasteiger partial charge in [-0.05, 0) is 36.2 Å². The van der Waals surface area contributed by atoms with Crippen LogP contribution in [0, 0.1) is 5.82 Å². The predicted molar refractivity (Wildman–Crippen MR) is 107 cm³/mol. The largest absolute Gasteiger partial charge is 0.365 e. The summed E-state index contributed by atoms with van der Waals surface area (Å²) >= 11 is 13.9. The van der Waals surface area contributed by atoms with Crippen LogP contribution < -0.4 is 11.5 Å². The second-order valence-electron chi connectivity index (χ2n) is 6.09. The Morgan fingerprint density at radius 3 is 2.70 bits per heavy atom. The highest BCUT2D eigenvalue weighted by atomic mass is 35.5. The summed E-state index contributed by atoms with van der Waals surface area (Å²) in [4.78, 5) is 12.4. The summed E-state index contributed by atoms with van der Waals surface area (Å²) in [6, 6.07) is 6.25. The minimum Gasteiger partial charge on any atom is -0.365 e. The molecule has 0 aliphatic heterocycles. The smallest absolute Gasteiger partial charge is 0.259 e. The zero-order valence-electron chi connectivity index (χ0n) is 14.4. The maximum Gasteiger partial charge on any atom is 0.259 e. The van der Waals surface area contributed by atoms with Gasteiger partial charge in [-0.1, -0.05) is 35.3 Å². The van der Waals surface area contributed by atoms with Crippen molar-refractivity contribution in [2.45, 2.75) is 12.3 Å². The van der Waals surface area contributed by atoms with Crippen LogP contribution in [0.1, 0.15) is 26.7 Å². The summed E-state index contributed by atoms with van der Waals surface area (Å²) in [6.45, 7) is 0.215. The summed E-state index contributed by atoms with van der Waals surface area (Å²) in [5.41, 5.74) is 14.2. The summed E-state index contributed by atoms with van der Waals surface area (Å²) in [5, 5.41) is 4.54. The van der Waals surface area contributed by atoms with Gasteiger partial charge in [0.1, 0.15) is 10.2 Å². The van der Waals surface area contributed by atoms with Crippen molar-refractivity contribution in [3.8, 4) is 11.3 Å². The van der Waals surface area contributed by atoms with E-state index < -0.39 is 5.91 Å². The first kappa shape index (κ1) is 19.8. The number of nitrogens with zero attached hydrogens (tertiary/aromatic N) is 2. The lowest BCUT2D eigenvalue weighted by atomic mass is 9.88. The molecule has 5 nitrogen and oxygen atoms in total. The third-order valence-electron chi connectivity index (χ3n) is 4.32. The van der Waals surface area contributed by atoms with Gasteiger partial charge in [0, 0.05) is 18.5 Å². The summed E-state index contributed by atoms with van der Waals surface area (Å²) < 4.78 is 15.6. The molecule has 2 aromatic heterocycles. The number of primary amides is 1. The second kappa shape index (κ2) is 7.98. The first-order valence-corrected chi connectivity index (χ1v) is 9.65. The normalized spacial score (nSPS) is 12.3. The maximum absolute atomic E-state index is 13.6. The van der Waals surface area contributed by atoms with Gasteiger partial charge in [0.05, 0.1) is 21.8 Å². The average molecular weight is 427 g/mol. The molecule has 2 heterocycles. The molecule has 0 saturated heterocycles. The highest BCUT2D eigenvalue weighted by Crippen LogP contribution is 2.46. The number of aryl methyl sites for hydroxylation is 1. The second-order valence-corrected chi connectivity index (χ2v) is 8.12. The Labute approximate surface area is 169 Å². The highest BCUT2D eigenvalue weighted by molar-refractivity contribution is 7.18. The molecule has 9 heteroatoms. The van der Waals surface area contributed by atoms with E-state index in [2.05, 4.69) is 5.10 Å². The monoisotopic (exact) mass is 426 g/mol. The van der Waals surface area contributed by atoms with Gasteiger partial charge in [0.15, 0.2) is 0 Å². The molecule has 0 spiro atoms. The van der Waals surface area contributed by atoms with Crippen molar-refractivity contribution >= 4 is 40.4 Å². The molecule has 0 radical (unpaired) electrons. The van der Waals surface area contributed by atoms with Crippen LogP contribution in [0.25, 0.3) is 11.3 Å². The van der Waals surface area contributed by atoms with Gasteiger partial charge < -0.3 is 11.5 Å². The van der Waals surface area contributed by atoms with Crippen molar-refractivity contribution in [1.29, 1.82) is 0 Å². The van der Waals surface area contributed by atoms with Crippen molar-refractivity contribution in [2.24, 2.45) is 18.5 Å². The highest BCUT2D eigenvalue weighted by Gasteiger charge is 2.30. The van der Waals surface area contributed by atoms with E-state index in [4.69, 9.17) is 34.7 Å². The number of carbonyl (C=O) groups is 1. The van der Waals surface area contributed by atoms with Crippen LogP contribution in [-0.4, -0.2) is 22.2 Å². The zero-order valence-corrected chi connectivity index (χ0v) is 16.7. The lowest BCUT2D eigenvalue weighted by molar-refractivity contribution is 0.100. The molecule has 0 fully saturated rings. The summed E-state index contributed by atoms with van der Waals surface area (Å²) in [6.07, 6.45) is 1.92. The van der Waals surface area contributed by atoms with Crippen LogP contribution in [0.5, 0.6) is 0 Å². The summed E-state index contributed by atoms with van der Waals surface area (Å²) in [5.74, 6) is -1.24. The minimum absolute atomic E-state index is 0.215. The number of hydrogen-bond donors (Lipinski definition) is 2. The topological polar surface area (TPSA) is 86.9 Å². The quantitative estimate of drug-likeness (QED) is 0.624. The lowest BCUT2D eigenvalue weighted by Crippen LogP contribution is -2.20.